The number of carbonyl (C=O) groups is 1. The second kappa shape index (κ2) is 7.19. The quantitative estimate of drug-likeness (QED) is 0.801. The first-order valence-electron chi connectivity index (χ1n) is 7.38. The van der Waals surface area contributed by atoms with Crippen molar-refractivity contribution in [3.63, 3.8) is 0 Å². The van der Waals surface area contributed by atoms with Gasteiger partial charge in [-0.2, -0.15) is 4.98 Å². The van der Waals surface area contributed by atoms with Gasteiger partial charge in [0.2, 0.25) is 21.8 Å². The maximum Gasteiger partial charge on any atom is 0.226 e. The maximum absolute atomic E-state index is 12.1. The molecule has 0 unspecified atom stereocenters. The number of nitrogens with one attached hydrogen (secondary N) is 1. The first kappa shape index (κ1) is 16.9. The van der Waals surface area contributed by atoms with E-state index in [1.54, 1.807) is 11.8 Å². The van der Waals surface area contributed by atoms with Crippen LogP contribution in [0.1, 0.15) is 37.4 Å². The molecule has 2 heterocycles. The van der Waals surface area contributed by atoms with Gasteiger partial charge < -0.3 is 9.42 Å². The van der Waals surface area contributed by atoms with Gasteiger partial charge in [-0.1, -0.05) is 5.16 Å². The zero-order valence-corrected chi connectivity index (χ0v) is 13.7. The summed E-state index contributed by atoms with van der Waals surface area (Å²) in [6, 6.07) is -0.0691. The van der Waals surface area contributed by atoms with E-state index in [2.05, 4.69) is 14.9 Å². The summed E-state index contributed by atoms with van der Waals surface area (Å²) < 4.78 is 30.0. The van der Waals surface area contributed by atoms with Crippen LogP contribution in [-0.2, 0) is 21.2 Å². The van der Waals surface area contributed by atoms with Crippen molar-refractivity contribution in [3.8, 4) is 0 Å². The Morgan fingerprint density at radius 2 is 2.09 bits per heavy atom. The van der Waals surface area contributed by atoms with Crippen molar-refractivity contribution >= 4 is 15.9 Å². The molecule has 1 aliphatic rings. The number of hydrogen-bond donors (Lipinski definition) is 1. The van der Waals surface area contributed by atoms with Crippen LogP contribution in [0.3, 0.4) is 0 Å². The molecule has 1 N–H and O–H groups in total. The third-order valence-corrected chi connectivity index (χ3v) is 4.34. The number of carbonyl (C=O) groups excluding carboxylic acids is 1. The zero-order chi connectivity index (χ0) is 16.2. The molecule has 0 spiro atoms. The molecule has 1 aliphatic heterocycles. The molecule has 0 aromatic carbocycles. The van der Waals surface area contributed by atoms with Crippen LogP contribution in [0.2, 0.25) is 0 Å². The number of nitrogens with zero attached hydrogens (tertiary/aromatic N) is 3. The topological polar surface area (TPSA) is 105 Å². The Labute approximate surface area is 130 Å². The van der Waals surface area contributed by atoms with E-state index >= 15 is 0 Å². The molecule has 9 heteroatoms. The standard InChI is InChI=1S/C13H22N4O4S/c1-10-14-12(21-15-10)4-3-5-13(18)17-8-6-11(7-9-17)16-22(2,19)20/h11,16H,3-9H2,1-2H3. The summed E-state index contributed by atoms with van der Waals surface area (Å²) in [5, 5.41) is 3.70. The summed E-state index contributed by atoms with van der Waals surface area (Å²) in [6.45, 7) is 2.93. The molecule has 0 aliphatic carbocycles. The highest BCUT2D eigenvalue weighted by molar-refractivity contribution is 7.88. The summed E-state index contributed by atoms with van der Waals surface area (Å²) >= 11 is 0. The molecule has 1 fully saturated rings. The molecular formula is C13H22N4O4S. The number of amides is 1. The molecule has 124 valence electrons. The van der Waals surface area contributed by atoms with E-state index in [-0.39, 0.29) is 11.9 Å². The van der Waals surface area contributed by atoms with E-state index in [1.807, 2.05) is 0 Å². The summed E-state index contributed by atoms with van der Waals surface area (Å²) in [6.07, 6.45) is 4.17. The average molecular weight is 330 g/mol. The second-order valence-electron chi connectivity index (χ2n) is 5.63. The minimum Gasteiger partial charge on any atom is -0.343 e. The van der Waals surface area contributed by atoms with Gasteiger partial charge in [0.05, 0.1) is 6.26 Å². The zero-order valence-electron chi connectivity index (χ0n) is 12.9. The van der Waals surface area contributed by atoms with Crippen LogP contribution in [0, 0.1) is 6.92 Å². The van der Waals surface area contributed by atoms with E-state index < -0.39 is 10.0 Å². The minimum atomic E-state index is -3.18. The van der Waals surface area contributed by atoms with Gasteiger partial charge in [-0.15, -0.1) is 0 Å². The monoisotopic (exact) mass is 330 g/mol. The number of likely N-dealkylation sites (tertiary alicyclic amines) is 1. The smallest absolute Gasteiger partial charge is 0.226 e. The Kier molecular flexibility index (Phi) is 5.52. The number of piperidine rings is 1. The van der Waals surface area contributed by atoms with Crippen LogP contribution in [0.5, 0.6) is 0 Å². The predicted octanol–water partition coefficient (Wildman–Crippen LogP) is 0.241. The van der Waals surface area contributed by atoms with Gasteiger partial charge in [0.15, 0.2) is 5.82 Å². The summed E-state index contributed by atoms with van der Waals surface area (Å²) in [7, 11) is -3.18. The van der Waals surface area contributed by atoms with Gasteiger partial charge in [-0.05, 0) is 26.2 Å². The fourth-order valence-electron chi connectivity index (χ4n) is 2.54. The molecule has 22 heavy (non-hydrogen) atoms. The lowest BCUT2D eigenvalue weighted by Crippen LogP contribution is -2.46. The van der Waals surface area contributed by atoms with Crippen LogP contribution in [0.15, 0.2) is 4.52 Å². The summed E-state index contributed by atoms with van der Waals surface area (Å²) in [5.41, 5.74) is 0. The molecule has 2 rings (SSSR count). The maximum atomic E-state index is 12.1. The van der Waals surface area contributed by atoms with Crippen LogP contribution < -0.4 is 4.72 Å². The Hall–Kier alpha value is -1.48. The van der Waals surface area contributed by atoms with Crippen molar-refractivity contribution in [3.05, 3.63) is 11.7 Å². The SMILES string of the molecule is Cc1noc(CCCC(=O)N2CCC(NS(C)(=O)=O)CC2)n1. The van der Waals surface area contributed by atoms with Crippen molar-refractivity contribution in [2.24, 2.45) is 0 Å². The number of rotatable bonds is 6. The van der Waals surface area contributed by atoms with E-state index in [1.165, 1.54) is 0 Å². The van der Waals surface area contributed by atoms with Crippen molar-refractivity contribution in [1.29, 1.82) is 0 Å². The lowest BCUT2D eigenvalue weighted by atomic mass is 10.1. The fourth-order valence-corrected chi connectivity index (χ4v) is 3.38. The summed E-state index contributed by atoms with van der Waals surface area (Å²) in [4.78, 5) is 18.0. The third-order valence-electron chi connectivity index (χ3n) is 3.58. The van der Waals surface area contributed by atoms with Crippen LogP contribution in [-0.4, -0.2) is 54.8 Å². The van der Waals surface area contributed by atoms with Crippen LogP contribution in [0.25, 0.3) is 0 Å². The lowest BCUT2D eigenvalue weighted by molar-refractivity contribution is -0.132. The first-order chi connectivity index (χ1) is 10.3. The Morgan fingerprint density at radius 3 is 2.64 bits per heavy atom. The van der Waals surface area contributed by atoms with Crippen molar-refractivity contribution in [2.75, 3.05) is 19.3 Å². The van der Waals surface area contributed by atoms with Crippen LogP contribution >= 0.6 is 0 Å². The largest absolute Gasteiger partial charge is 0.343 e. The van der Waals surface area contributed by atoms with Crippen LogP contribution in [0.4, 0.5) is 0 Å². The van der Waals surface area contributed by atoms with Gasteiger partial charge in [0, 0.05) is 32.0 Å². The minimum absolute atomic E-state index is 0.0691. The highest BCUT2D eigenvalue weighted by Gasteiger charge is 2.24. The van der Waals surface area contributed by atoms with Gasteiger partial charge >= 0.3 is 0 Å². The third kappa shape index (κ3) is 5.38. The van der Waals surface area contributed by atoms with E-state index in [4.69, 9.17) is 4.52 Å². The van der Waals surface area contributed by atoms with E-state index in [9.17, 15) is 13.2 Å². The highest BCUT2D eigenvalue weighted by Crippen LogP contribution is 2.13. The molecule has 0 bridgehead atoms. The van der Waals surface area contributed by atoms with Crippen molar-refractivity contribution in [1.82, 2.24) is 19.8 Å². The second-order valence-corrected chi connectivity index (χ2v) is 7.41. The predicted molar refractivity (Wildman–Crippen MR) is 79.6 cm³/mol. The Balaban J connectivity index is 1.69. The molecule has 0 atom stereocenters. The van der Waals surface area contributed by atoms with Gasteiger partial charge in [0.1, 0.15) is 0 Å². The van der Waals surface area contributed by atoms with Crippen molar-refractivity contribution in [2.45, 2.75) is 45.1 Å². The Morgan fingerprint density at radius 1 is 1.41 bits per heavy atom. The lowest BCUT2D eigenvalue weighted by Gasteiger charge is -2.32. The molecule has 0 radical (unpaired) electrons. The van der Waals surface area contributed by atoms with E-state index in [0.29, 0.717) is 56.9 Å². The average Bonchev–Trinajstić information content (AvgIpc) is 2.83. The number of hydrogen-bond acceptors (Lipinski definition) is 6. The first-order valence-corrected chi connectivity index (χ1v) is 9.27. The van der Waals surface area contributed by atoms with Crippen molar-refractivity contribution < 1.29 is 17.7 Å². The molecule has 8 nitrogen and oxygen atoms in total. The van der Waals surface area contributed by atoms with Gasteiger partial charge in [-0.25, -0.2) is 13.1 Å². The van der Waals surface area contributed by atoms with Gasteiger partial charge in [0.25, 0.3) is 0 Å². The van der Waals surface area contributed by atoms with Gasteiger partial charge in [-0.3, -0.25) is 4.79 Å². The number of aryl methyl sites for hydroxylation is 2. The normalized spacial score (nSPS) is 16.9. The Bertz CT molecular complexity index is 605. The molecule has 1 aromatic heterocycles. The molecular weight excluding hydrogens is 308 g/mol. The molecule has 1 saturated heterocycles. The number of aromatic nitrogens is 2. The highest BCUT2D eigenvalue weighted by atomic mass is 32.2. The molecule has 1 amide bonds. The number of sulfonamides is 1. The molecule has 0 saturated carbocycles. The summed E-state index contributed by atoms with van der Waals surface area (Å²) in [5.74, 6) is 1.25. The fraction of sp³-hybridized carbons (Fsp3) is 0.769. The molecule has 1 aromatic rings. The van der Waals surface area contributed by atoms with E-state index in [0.717, 1.165) is 6.26 Å².